The van der Waals surface area contributed by atoms with Gasteiger partial charge < -0.3 is 15.2 Å². The lowest BCUT2D eigenvalue weighted by molar-refractivity contribution is -0.117. The number of ether oxygens (including phenoxy) is 2. The number of carbonyl (C=O) groups excluding carboxylic acids is 1. The van der Waals surface area contributed by atoms with E-state index in [0.29, 0.717) is 24.7 Å². The van der Waals surface area contributed by atoms with Crippen LogP contribution in [-0.2, 0) is 11.2 Å². The molecule has 15 heavy (non-hydrogen) atoms. The fourth-order valence-corrected chi connectivity index (χ4v) is 1.91. The van der Waals surface area contributed by atoms with Gasteiger partial charge in [0.2, 0.25) is 5.91 Å². The molecule has 1 aliphatic rings. The van der Waals surface area contributed by atoms with Crippen LogP contribution in [-0.4, -0.2) is 19.1 Å². The van der Waals surface area contributed by atoms with Crippen LogP contribution in [0, 0.1) is 0 Å². The van der Waals surface area contributed by atoms with Crippen LogP contribution < -0.4 is 15.2 Å². The molecule has 0 radical (unpaired) electrons. The number of halogens is 1. The Morgan fingerprint density at radius 2 is 2.00 bits per heavy atom. The minimum absolute atomic E-state index is 0.166. The van der Waals surface area contributed by atoms with E-state index in [1.54, 1.807) is 0 Å². The van der Waals surface area contributed by atoms with Gasteiger partial charge in [-0.25, -0.2) is 0 Å². The predicted octanol–water partition coefficient (Wildman–Crippen LogP) is 1.25. The molecule has 0 unspecified atom stereocenters. The molecule has 0 saturated heterocycles. The lowest BCUT2D eigenvalue weighted by Crippen LogP contribution is -2.19. The van der Waals surface area contributed by atoms with Crippen molar-refractivity contribution in [1.29, 1.82) is 0 Å². The molecule has 1 aromatic carbocycles. The Labute approximate surface area is 95.5 Å². The quantitative estimate of drug-likeness (QED) is 0.881. The summed E-state index contributed by atoms with van der Waals surface area (Å²) in [5.74, 6) is 0.892. The van der Waals surface area contributed by atoms with Gasteiger partial charge >= 0.3 is 0 Å². The van der Waals surface area contributed by atoms with Gasteiger partial charge in [0.1, 0.15) is 13.2 Å². The molecule has 2 rings (SSSR count). The van der Waals surface area contributed by atoms with E-state index in [2.05, 4.69) is 15.9 Å². The van der Waals surface area contributed by atoms with E-state index in [9.17, 15) is 4.79 Å². The first-order chi connectivity index (χ1) is 7.18. The molecule has 0 bridgehead atoms. The second-order valence-corrected chi connectivity index (χ2v) is 4.06. The average Bonchev–Trinajstić information content (AvgIpc) is 2.22. The summed E-state index contributed by atoms with van der Waals surface area (Å²) in [6.45, 7) is 1.01. The van der Waals surface area contributed by atoms with Crippen LogP contribution in [0.2, 0.25) is 0 Å². The Balaban J connectivity index is 2.43. The highest BCUT2D eigenvalue weighted by Crippen LogP contribution is 2.40. The lowest BCUT2D eigenvalue weighted by Gasteiger charge is -2.21. The molecule has 80 valence electrons. The Hall–Kier alpha value is -1.23. The topological polar surface area (TPSA) is 61.6 Å². The van der Waals surface area contributed by atoms with Crippen LogP contribution >= 0.6 is 15.9 Å². The zero-order valence-electron chi connectivity index (χ0n) is 7.96. The van der Waals surface area contributed by atoms with Crippen molar-refractivity contribution in [2.75, 3.05) is 13.2 Å². The standard InChI is InChI=1S/C10H10BrNO3/c11-7-2-1-6(5-8(12)13)9-10(7)15-4-3-14-9/h1-2H,3-5H2,(H2,12,13). The molecule has 1 aliphatic heterocycles. The Kier molecular flexibility index (Phi) is 2.81. The molecule has 0 fully saturated rings. The van der Waals surface area contributed by atoms with Gasteiger partial charge in [0.25, 0.3) is 0 Å². The van der Waals surface area contributed by atoms with Crippen LogP contribution in [0.3, 0.4) is 0 Å². The normalized spacial score (nSPS) is 13.7. The zero-order valence-corrected chi connectivity index (χ0v) is 9.54. The fourth-order valence-electron chi connectivity index (χ4n) is 1.49. The maximum Gasteiger partial charge on any atom is 0.221 e. The third-order valence-electron chi connectivity index (χ3n) is 2.09. The molecule has 4 nitrogen and oxygen atoms in total. The number of nitrogens with two attached hydrogens (primary N) is 1. The lowest BCUT2D eigenvalue weighted by atomic mass is 10.1. The van der Waals surface area contributed by atoms with Gasteiger partial charge in [0.15, 0.2) is 11.5 Å². The predicted molar refractivity (Wildman–Crippen MR) is 58.0 cm³/mol. The van der Waals surface area contributed by atoms with Crippen LogP contribution in [0.1, 0.15) is 5.56 Å². The zero-order chi connectivity index (χ0) is 10.8. The van der Waals surface area contributed by atoms with Crippen LogP contribution in [0.4, 0.5) is 0 Å². The Morgan fingerprint density at radius 3 is 2.67 bits per heavy atom. The molecule has 5 heteroatoms. The average molecular weight is 272 g/mol. The minimum atomic E-state index is -0.381. The summed E-state index contributed by atoms with van der Waals surface area (Å²) in [5.41, 5.74) is 5.91. The molecule has 1 amide bonds. The second kappa shape index (κ2) is 4.10. The van der Waals surface area contributed by atoms with E-state index in [0.717, 1.165) is 10.0 Å². The molecular formula is C10H10BrNO3. The number of carbonyl (C=O) groups is 1. The van der Waals surface area contributed by atoms with Crippen molar-refractivity contribution >= 4 is 21.8 Å². The highest BCUT2D eigenvalue weighted by atomic mass is 79.9. The first kappa shape index (κ1) is 10.3. The van der Waals surface area contributed by atoms with Crippen molar-refractivity contribution in [2.24, 2.45) is 5.73 Å². The smallest absolute Gasteiger partial charge is 0.221 e. The number of benzene rings is 1. The SMILES string of the molecule is NC(=O)Cc1ccc(Br)c2c1OCCO2. The van der Waals surface area contributed by atoms with Crippen molar-refractivity contribution in [1.82, 2.24) is 0 Å². The van der Waals surface area contributed by atoms with E-state index in [4.69, 9.17) is 15.2 Å². The van der Waals surface area contributed by atoms with Crippen molar-refractivity contribution in [3.8, 4) is 11.5 Å². The number of amides is 1. The van der Waals surface area contributed by atoms with Gasteiger partial charge in [-0.2, -0.15) is 0 Å². The highest BCUT2D eigenvalue weighted by Gasteiger charge is 2.19. The largest absolute Gasteiger partial charge is 0.486 e. The van der Waals surface area contributed by atoms with E-state index in [1.807, 2.05) is 12.1 Å². The van der Waals surface area contributed by atoms with Gasteiger partial charge in [-0.1, -0.05) is 6.07 Å². The number of rotatable bonds is 2. The Bertz CT molecular complexity index is 406. The van der Waals surface area contributed by atoms with Gasteiger partial charge in [-0.15, -0.1) is 0 Å². The van der Waals surface area contributed by atoms with E-state index < -0.39 is 0 Å². The number of hydrogen-bond donors (Lipinski definition) is 1. The van der Waals surface area contributed by atoms with Crippen LogP contribution in [0.15, 0.2) is 16.6 Å². The summed E-state index contributed by atoms with van der Waals surface area (Å²) in [7, 11) is 0. The highest BCUT2D eigenvalue weighted by molar-refractivity contribution is 9.10. The molecule has 2 N–H and O–H groups in total. The van der Waals surface area contributed by atoms with E-state index in [1.165, 1.54) is 0 Å². The maximum atomic E-state index is 10.9. The van der Waals surface area contributed by atoms with Gasteiger partial charge in [0, 0.05) is 5.56 Å². The number of primary amides is 1. The second-order valence-electron chi connectivity index (χ2n) is 3.20. The Morgan fingerprint density at radius 1 is 1.33 bits per heavy atom. The van der Waals surface area contributed by atoms with Gasteiger partial charge in [-0.05, 0) is 22.0 Å². The van der Waals surface area contributed by atoms with Gasteiger partial charge in [0.05, 0.1) is 10.9 Å². The molecular weight excluding hydrogens is 262 g/mol. The molecule has 0 spiro atoms. The molecule has 0 aliphatic carbocycles. The fraction of sp³-hybridized carbons (Fsp3) is 0.300. The molecule has 0 saturated carbocycles. The molecule has 0 aromatic heterocycles. The van der Waals surface area contributed by atoms with Crippen LogP contribution in [0.5, 0.6) is 11.5 Å². The van der Waals surface area contributed by atoms with Crippen LogP contribution in [0.25, 0.3) is 0 Å². The third-order valence-corrected chi connectivity index (χ3v) is 2.71. The number of hydrogen-bond acceptors (Lipinski definition) is 3. The summed E-state index contributed by atoms with van der Waals surface area (Å²) >= 11 is 3.36. The maximum absolute atomic E-state index is 10.9. The first-order valence-corrected chi connectivity index (χ1v) is 5.33. The van der Waals surface area contributed by atoms with Gasteiger partial charge in [-0.3, -0.25) is 4.79 Å². The number of fused-ring (bicyclic) bond motifs is 1. The monoisotopic (exact) mass is 271 g/mol. The first-order valence-electron chi connectivity index (χ1n) is 4.54. The minimum Gasteiger partial charge on any atom is -0.486 e. The summed E-state index contributed by atoms with van der Waals surface area (Å²) in [6.07, 6.45) is 0.166. The molecule has 0 atom stereocenters. The third kappa shape index (κ3) is 2.07. The van der Waals surface area contributed by atoms with Crippen molar-refractivity contribution in [3.05, 3.63) is 22.2 Å². The summed E-state index contributed by atoms with van der Waals surface area (Å²) in [6, 6.07) is 3.63. The van der Waals surface area contributed by atoms with E-state index >= 15 is 0 Å². The van der Waals surface area contributed by atoms with Crippen molar-refractivity contribution in [2.45, 2.75) is 6.42 Å². The van der Waals surface area contributed by atoms with E-state index in [-0.39, 0.29) is 12.3 Å². The summed E-state index contributed by atoms with van der Waals surface area (Å²) in [5, 5.41) is 0. The molecule has 1 aromatic rings. The van der Waals surface area contributed by atoms with Crippen molar-refractivity contribution in [3.63, 3.8) is 0 Å². The summed E-state index contributed by atoms with van der Waals surface area (Å²) < 4.78 is 11.8. The summed E-state index contributed by atoms with van der Waals surface area (Å²) in [4.78, 5) is 10.9. The molecule has 1 heterocycles. The van der Waals surface area contributed by atoms with Crippen molar-refractivity contribution < 1.29 is 14.3 Å².